The Bertz CT molecular complexity index is 716. The molecule has 3 nitrogen and oxygen atoms in total. The maximum atomic E-state index is 13.8. The summed E-state index contributed by atoms with van der Waals surface area (Å²) in [7, 11) is 1.60. The Hall–Kier alpha value is -2.50. The highest BCUT2D eigenvalue weighted by atomic mass is 19.1. The van der Waals surface area contributed by atoms with Crippen molar-refractivity contribution in [2.75, 3.05) is 13.6 Å². The van der Waals surface area contributed by atoms with E-state index >= 15 is 0 Å². The lowest BCUT2D eigenvalue weighted by Gasteiger charge is -2.17. The van der Waals surface area contributed by atoms with Crippen LogP contribution in [0.1, 0.15) is 24.0 Å². The van der Waals surface area contributed by atoms with Crippen LogP contribution in [0.3, 0.4) is 0 Å². The lowest BCUT2D eigenvalue weighted by Crippen LogP contribution is -2.38. The second-order valence-electron chi connectivity index (χ2n) is 5.46. The third-order valence-corrected chi connectivity index (χ3v) is 3.70. The van der Waals surface area contributed by atoms with Gasteiger partial charge >= 0.3 is 0 Å². The van der Waals surface area contributed by atoms with Gasteiger partial charge in [-0.1, -0.05) is 31.2 Å². The Morgan fingerprint density at radius 1 is 1.04 bits per heavy atom. The van der Waals surface area contributed by atoms with Crippen LogP contribution in [0.15, 0.2) is 47.5 Å². The van der Waals surface area contributed by atoms with E-state index in [0.29, 0.717) is 23.6 Å². The summed E-state index contributed by atoms with van der Waals surface area (Å²) < 4.78 is 40.3. The third-order valence-electron chi connectivity index (χ3n) is 3.70. The van der Waals surface area contributed by atoms with Crippen molar-refractivity contribution in [3.63, 3.8) is 0 Å². The van der Waals surface area contributed by atoms with Gasteiger partial charge in [0.2, 0.25) is 0 Å². The van der Waals surface area contributed by atoms with Crippen molar-refractivity contribution in [2.45, 2.75) is 19.4 Å². The molecule has 0 heterocycles. The molecule has 0 amide bonds. The van der Waals surface area contributed by atoms with Gasteiger partial charge in [-0.25, -0.2) is 13.2 Å². The van der Waals surface area contributed by atoms with Crippen LogP contribution in [0.2, 0.25) is 0 Å². The molecule has 24 heavy (non-hydrogen) atoms. The highest BCUT2D eigenvalue weighted by molar-refractivity contribution is 5.79. The number of hydrogen-bond donors (Lipinski definition) is 2. The van der Waals surface area contributed by atoms with Crippen LogP contribution in [0.4, 0.5) is 13.2 Å². The molecule has 0 saturated heterocycles. The van der Waals surface area contributed by atoms with Gasteiger partial charge in [0.15, 0.2) is 5.96 Å². The molecule has 0 bridgehead atoms. The predicted octanol–water partition coefficient (Wildman–Crippen LogP) is 3.57. The van der Waals surface area contributed by atoms with Gasteiger partial charge in [-0.2, -0.15) is 0 Å². The number of nitrogens with zero attached hydrogens (tertiary/aromatic N) is 1. The van der Waals surface area contributed by atoms with E-state index in [1.54, 1.807) is 25.2 Å². The summed E-state index contributed by atoms with van der Waals surface area (Å²) in [4.78, 5) is 4.05. The van der Waals surface area contributed by atoms with Crippen molar-refractivity contribution in [2.24, 2.45) is 4.99 Å². The van der Waals surface area contributed by atoms with E-state index in [1.807, 2.05) is 6.92 Å². The molecule has 2 N–H and O–H groups in total. The van der Waals surface area contributed by atoms with E-state index in [0.717, 1.165) is 6.07 Å². The lowest BCUT2D eigenvalue weighted by molar-refractivity contribution is 0.555. The summed E-state index contributed by atoms with van der Waals surface area (Å²) in [6, 6.07) is 10.0. The molecule has 1 unspecified atom stereocenters. The molecule has 0 aliphatic carbocycles. The highest BCUT2D eigenvalue weighted by Gasteiger charge is 2.12. The fourth-order valence-electron chi connectivity index (χ4n) is 2.30. The van der Waals surface area contributed by atoms with Crippen LogP contribution in [0.5, 0.6) is 0 Å². The van der Waals surface area contributed by atoms with Crippen molar-refractivity contribution < 1.29 is 13.2 Å². The van der Waals surface area contributed by atoms with Crippen LogP contribution < -0.4 is 10.6 Å². The minimum absolute atomic E-state index is 0.183. The van der Waals surface area contributed by atoms with Gasteiger partial charge in [-0.05, 0) is 17.7 Å². The van der Waals surface area contributed by atoms with Gasteiger partial charge in [0.05, 0.1) is 0 Å². The summed E-state index contributed by atoms with van der Waals surface area (Å²) in [5, 5.41) is 6.06. The van der Waals surface area contributed by atoms with Crippen molar-refractivity contribution in [1.29, 1.82) is 0 Å². The van der Waals surface area contributed by atoms with Crippen molar-refractivity contribution >= 4 is 5.96 Å². The molecule has 2 aromatic carbocycles. The topological polar surface area (TPSA) is 36.4 Å². The number of halogens is 3. The van der Waals surface area contributed by atoms with Crippen molar-refractivity contribution in [3.8, 4) is 0 Å². The molecule has 0 saturated carbocycles. The smallest absolute Gasteiger partial charge is 0.191 e. The van der Waals surface area contributed by atoms with Crippen molar-refractivity contribution in [1.82, 2.24) is 10.6 Å². The Morgan fingerprint density at radius 3 is 2.46 bits per heavy atom. The molecule has 128 valence electrons. The van der Waals surface area contributed by atoms with E-state index in [9.17, 15) is 13.2 Å². The normalized spacial score (nSPS) is 12.8. The summed E-state index contributed by atoms with van der Waals surface area (Å²) in [6.45, 7) is 2.51. The maximum Gasteiger partial charge on any atom is 0.191 e. The Balaban J connectivity index is 1.90. The molecule has 1 atom stereocenters. The summed E-state index contributed by atoms with van der Waals surface area (Å²) in [5.41, 5.74) is 0.950. The Kier molecular flexibility index (Phi) is 6.23. The summed E-state index contributed by atoms with van der Waals surface area (Å²) in [6.07, 6.45) is 0. The first kappa shape index (κ1) is 17.8. The molecule has 0 radical (unpaired) electrons. The zero-order valence-electron chi connectivity index (χ0n) is 13.6. The monoisotopic (exact) mass is 335 g/mol. The van der Waals surface area contributed by atoms with Crippen LogP contribution in [0.25, 0.3) is 0 Å². The maximum absolute atomic E-state index is 13.8. The van der Waals surface area contributed by atoms with Crippen LogP contribution in [0, 0.1) is 17.5 Å². The van der Waals surface area contributed by atoms with E-state index in [1.165, 1.54) is 18.2 Å². The number of rotatable bonds is 5. The molecular weight excluding hydrogens is 315 g/mol. The third kappa shape index (κ3) is 4.75. The number of guanidine groups is 1. The van der Waals surface area contributed by atoms with Gasteiger partial charge < -0.3 is 10.6 Å². The number of benzene rings is 2. The van der Waals surface area contributed by atoms with Gasteiger partial charge in [0.1, 0.15) is 17.5 Å². The molecule has 0 spiro atoms. The fraction of sp³-hybridized carbons (Fsp3) is 0.278. The van der Waals surface area contributed by atoms with Crippen LogP contribution >= 0.6 is 0 Å². The molecule has 2 aromatic rings. The van der Waals surface area contributed by atoms with Gasteiger partial charge in [-0.3, -0.25) is 4.99 Å². The Morgan fingerprint density at radius 2 is 1.79 bits per heavy atom. The quantitative estimate of drug-likeness (QED) is 0.647. The van der Waals surface area contributed by atoms with E-state index < -0.39 is 11.6 Å². The number of nitrogens with one attached hydrogen (secondary N) is 2. The molecule has 2 rings (SSSR count). The van der Waals surface area contributed by atoms with Crippen LogP contribution in [-0.4, -0.2) is 19.6 Å². The van der Waals surface area contributed by atoms with E-state index in [4.69, 9.17) is 0 Å². The van der Waals surface area contributed by atoms with E-state index in [-0.39, 0.29) is 18.3 Å². The SMILES string of the molecule is CN=C(NCc1ccccc1F)NCC(C)c1ccc(F)cc1F. The number of hydrogen-bond acceptors (Lipinski definition) is 1. The molecule has 0 fully saturated rings. The van der Waals surface area contributed by atoms with E-state index in [2.05, 4.69) is 15.6 Å². The molecule has 6 heteroatoms. The largest absolute Gasteiger partial charge is 0.356 e. The molecule has 0 aromatic heterocycles. The second-order valence-corrected chi connectivity index (χ2v) is 5.46. The lowest BCUT2D eigenvalue weighted by atomic mass is 10.0. The standard InChI is InChI=1S/C18H20F3N3/c1-12(15-8-7-14(19)9-17(15)21)10-23-18(22-2)24-11-13-5-3-4-6-16(13)20/h3-9,12H,10-11H2,1-2H3,(H2,22,23,24). The van der Waals surface area contributed by atoms with Crippen LogP contribution in [-0.2, 0) is 6.54 Å². The first-order valence-electron chi connectivity index (χ1n) is 7.64. The zero-order valence-corrected chi connectivity index (χ0v) is 13.6. The molecular formula is C18H20F3N3. The second kappa shape index (κ2) is 8.38. The Labute approximate surface area is 139 Å². The first-order chi connectivity index (χ1) is 11.5. The average Bonchev–Trinajstić information content (AvgIpc) is 2.56. The fourth-order valence-corrected chi connectivity index (χ4v) is 2.30. The summed E-state index contributed by atoms with van der Waals surface area (Å²) in [5.74, 6) is -1.16. The molecule has 0 aliphatic heterocycles. The average molecular weight is 335 g/mol. The van der Waals surface area contributed by atoms with Gasteiger partial charge in [0.25, 0.3) is 0 Å². The molecule has 0 aliphatic rings. The number of aliphatic imine (C=N–C) groups is 1. The summed E-state index contributed by atoms with van der Waals surface area (Å²) >= 11 is 0. The predicted molar refractivity (Wildman–Crippen MR) is 89.4 cm³/mol. The zero-order chi connectivity index (χ0) is 17.5. The van der Waals surface area contributed by atoms with Crippen molar-refractivity contribution in [3.05, 3.63) is 71.0 Å². The van der Waals surface area contributed by atoms with Gasteiger partial charge in [-0.15, -0.1) is 0 Å². The highest BCUT2D eigenvalue weighted by Crippen LogP contribution is 2.19. The first-order valence-corrected chi connectivity index (χ1v) is 7.64. The minimum Gasteiger partial charge on any atom is -0.356 e. The van der Waals surface area contributed by atoms with Gasteiger partial charge in [0, 0.05) is 37.7 Å². The minimum atomic E-state index is -0.598.